The maximum absolute atomic E-state index is 12.8. The zero-order valence-corrected chi connectivity index (χ0v) is 16.4. The Morgan fingerprint density at radius 1 is 1.04 bits per heavy atom. The maximum atomic E-state index is 12.8. The molecule has 2 aromatic rings. The fourth-order valence-electron chi connectivity index (χ4n) is 3.46. The van der Waals surface area contributed by atoms with Crippen molar-refractivity contribution in [2.24, 2.45) is 0 Å². The molecule has 0 aliphatic carbocycles. The lowest BCUT2D eigenvalue weighted by Crippen LogP contribution is -2.48. The van der Waals surface area contributed by atoms with Crippen molar-refractivity contribution in [3.63, 3.8) is 0 Å². The van der Waals surface area contributed by atoms with Crippen molar-refractivity contribution in [1.82, 2.24) is 5.32 Å². The molecule has 0 saturated carbocycles. The van der Waals surface area contributed by atoms with Crippen molar-refractivity contribution in [2.75, 3.05) is 18.1 Å². The summed E-state index contributed by atoms with van der Waals surface area (Å²) in [7, 11) is -3.14. The molecule has 1 heterocycles. The third-order valence-electron chi connectivity index (χ3n) is 4.79. The number of benzene rings is 2. The van der Waals surface area contributed by atoms with Crippen LogP contribution in [-0.4, -0.2) is 43.9 Å². The van der Waals surface area contributed by atoms with Gasteiger partial charge in [0, 0.05) is 0 Å². The topological polar surface area (TPSA) is 89.5 Å². The first-order chi connectivity index (χ1) is 13.3. The van der Waals surface area contributed by atoms with Crippen LogP contribution in [0.25, 0.3) is 0 Å². The largest absolute Gasteiger partial charge is 0.455 e. The summed E-state index contributed by atoms with van der Waals surface area (Å²) in [6.45, 7) is 1.23. The predicted octanol–water partition coefficient (Wildman–Crippen LogP) is 2.06. The number of ether oxygens (including phenoxy) is 1. The molecule has 0 aromatic heterocycles. The summed E-state index contributed by atoms with van der Waals surface area (Å²) in [5, 5.41) is 2.69. The number of hydrogen-bond donors (Lipinski definition) is 1. The molecule has 3 rings (SSSR count). The molecule has 1 saturated heterocycles. The van der Waals surface area contributed by atoms with Gasteiger partial charge in [0.2, 0.25) is 0 Å². The van der Waals surface area contributed by atoms with E-state index in [0.717, 1.165) is 11.1 Å². The van der Waals surface area contributed by atoms with E-state index in [9.17, 15) is 18.0 Å². The first-order valence-corrected chi connectivity index (χ1v) is 10.9. The van der Waals surface area contributed by atoms with Crippen molar-refractivity contribution in [3.8, 4) is 0 Å². The summed E-state index contributed by atoms with van der Waals surface area (Å²) >= 11 is 0. The molecule has 148 valence electrons. The zero-order chi connectivity index (χ0) is 20.2. The van der Waals surface area contributed by atoms with Crippen LogP contribution < -0.4 is 5.32 Å². The number of sulfone groups is 1. The second-order valence-corrected chi connectivity index (χ2v) is 9.50. The van der Waals surface area contributed by atoms with Gasteiger partial charge < -0.3 is 10.1 Å². The van der Waals surface area contributed by atoms with Crippen molar-refractivity contribution < 1.29 is 22.7 Å². The molecule has 0 spiro atoms. The average Bonchev–Trinajstić information content (AvgIpc) is 2.94. The predicted molar refractivity (Wildman–Crippen MR) is 106 cm³/mol. The van der Waals surface area contributed by atoms with Gasteiger partial charge in [-0.1, -0.05) is 60.7 Å². The highest BCUT2D eigenvalue weighted by Crippen LogP contribution is 2.26. The van der Waals surface area contributed by atoms with Gasteiger partial charge in [-0.3, -0.25) is 9.59 Å². The van der Waals surface area contributed by atoms with E-state index in [1.165, 1.54) is 0 Å². The Hall–Kier alpha value is -2.67. The van der Waals surface area contributed by atoms with E-state index in [-0.39, 0.29) is 11.5 Å². The molecule has 7 heteroatoms. The molecule has 1 fully saturated rings. The van der Waals surface area contributed by atoms with E-state index < -0.39 is 39.8 Å². The second kappa shape index (κ2) is 8.14. The first-order valence-electron chi connectivity index (χ1n) is 9.06. The molecule has 28 heavy (non-hydrogen) atoms. The Kier molecular flexibility index (Phi) is 5.84. The van der Waals surface area contributed by atoms with Crippen LogP contribution in [0, 0.1) is 0 Å². The number of rotatable bonds is 6. The van der Waals surface area contributed by atoms with Crippen molar-refractivity contribution in [2.45, 2.75) is 24.8 Å². The van der Waals surface area contributed by atoms with Crippen LogP contribution in [0.1, 0.15) is 30.4 Å². The smallest absolute Gasteiger partial charge is 0.318 e. The molecule has 1 aliphatic heterocycles. The molecule has 0 radical (unpaired) electrons. The highest BCUT2D eigenvalue weighted by molar-refractivity contribution is 7.91. The van der Waals surface area contributed by atoms with Crippen LogP contribution in [0.15, 0.2) is 60.7 Å². The second-order valence-electron chi connectivity index (χ2n) is 7.31. The summed E-state index contributed by atoms with van der Waals surface area (Å²) < 4.78 is 28.6. The molecular formula is C21H23NO5S. The molecule has 0 unspecified atom stereocenters. The van der Waals surface area contributed by atoms with Crippen molar-refractivity contribution >= 4 is 21.7 Å². The van der Waals surface area contributed by atoms with Gasteiger partial charge in [0.05, 0.1) is 17.0 Å². The summed E-state index contributed by atoms with van der Waals surface area (Å²) in [6.07, 6.45) is 0.353. The van der Waals surface area contributed by atoms with Crippen LogP contribution in [0.4, 0.5) is 0 Å². The monoisotopic (exact) mass is 401 g/mol. The standard InChI is InChI=1S/C21H23NO5S/c1-21(12-13-28(25,26)15-21)22-18(23)14-27-20(24)19(16-8-4-2-5-9-16)17-10-6-3-7-11-17/h2-11,19H,12-15H2,1H3,(H,22,23)/t21-/m1/s1. The van der Waals surface area contributed by atoms with Gasteiger partial charge in [-0.2, -0.15) is 0 Å². The normalized spacial score (nSPS) is 20.6. The van der Waals surface area contributed by atoms with E-state index in [4.69, 9.17) is 4.74 Å². The number of carbonyl (C=O) groups is 2. The first kappa shape index (κ1) is 20.1. The fourth-order valence-corrected chi connectivity index (χ4v) is 5.55. The average molecular weight is 401 g/mol. The lowest BCUT2D eigenvalue weighted by Gasteiger charge is -2.24. The number of hydrogen-bond acceptors (Lipinski definition) is 5. The van der Waals surface area contributed by atoms with Gasteiger partial charge in [-0.05, 0) is 24.5 Å². The third kappa shape index (κ3) is 4.98. The van der Waals surface area contributed by atoms with Crippen LogP contribution >= 0.6 is 0 Å². The summed E-state index contributed by atoms with van der Waals surface area (Å²) in [5.74, 6) is -1.73. The molecule has 1 atom stereocenters. The van der Waals surface area contributed by atoms with Crippen LogP contribution in [-0.2, 0) is 24.2 Å². The lowest BCUT2D eigenvalue weighted by atomic mass is 9.91. The Bertz CT molecular complexity index is 904. The molecule has 6 nitrogen and oxygen atoms in total. The van der Waals surface area contributed by atoms with Gasteiger partial charge in [0.25, 0.3) is 5.91 Å². The SMILES string of the molecule is C[C@@]1(NC(=O)COC(=O)C(c2ccccc2)c2ccccc2)CCS(=O)(=O)C1. The van der Waals surface area contributed by atoms with Gasteiger partial charge in [0.15, 0.2) is 16.4 Å². The molecule has 1 amide bonds. The minimum atomic E-state index is -3.14. The summed E-state index contributed by atoms with van der Waals surface area (Å²) in [6, 6.07) is 18.4. The van der Waals surface area contributed by atoms with E-state index >= 15 is 0 Å². The Morgan fingerprint density at radius 2 is 1.57 bits per heavy atom. The summed E-state index contributed by atoms with van der Waals surface area (Å²) in [4.78, 5) is 25.0. The lowest BCUT2D eigenvalue weighted by molar-refractivity contribution is -0.149. The summed E-state index contributed by atoms with van der Waals surface area (Å²) in [5.41, 5.74) is 0.724. The quantitative estimate of drug-likeness (QED) is 0.749. The Morgan fingerprint density at radius 3 is 2.04 bits per heavy atom. The molecule has 1 aliphatic rings. The third-order valence-corrected chi connectivity index (χ3v) is 6.69. The van der Waals surface area contributed by atoms with Crippen LogP contribution in [0.2, 0.25) is 0 Å². The molecular weight excluding hydrogens is 378 g/mol. The van der Waals surface area contributed by atoms with Crippen LogP contribution in [0.3, 0.4) is 0 Å². The van der Waals surface area contributed by atoms with E-state index in [1.807, 2.05) is 60.7 Å². The van der Waals surface area contributed by atoms with Gasteiger partial charge in [0.1, 0.15) is 5.92 Å². The van der Waals surface area contributed by atoms with Crippen molar-refractivity contribution in [3.05, 3.63) is 71.8 Å². The molecule has 1 N–H and O–H groups in total. The van der Waals surface area contributed by atoms with E-state index in [1.54, 1.807) is 6.92 Å². The number of carbonyl (C=O) groups excluding carboxylic acids is 2. The van der Waals surface area contributed by atoms with Crippen LogP contribution in [0.5, 0.6) is 0 Å². The minimum absolute atomic E-state index is 0.0493. The maximum Gasteiger partial charge on any atom is 0.318 e. The zero-order valence-electron chi connectivity index (χ0n) is 15.6. The highest BCUT2D eigenvalue weighted by Gasteiger charge is 2.39. The number of amides is 1. The highest BCUT2D eigenvalue weighted by atomic mass is 32.2. The molecule has 2 aromatic carbocycles. The number of esters is 1. The Balaban J connectivity index is 1.67. The molecule has 0 bridgehead atoms. The minimum Gasteiger partial charge on any atom is -0.455 e. The van der Waals surface area contributed by atoms with E-state index in [2.05, 4.69) is 5.32 Å². The Labute approximate surface area is 164 Å². The van der Waals surface area contributed by atoms with Gasteiger partial charge in [-0.15, -0.1) is 0 Å². The number of nitrogens with one attached hydrogen (secondary N) is 1. The fraction of sp³-hybridized carbons (Fsp3) is 0.333. The van der Waals surface area contributed by atoms with E-state index in [0.29, 0.717) is 6.42 Å². The van der Waals surface area contributed by atoms with Crippen molar-refractivity contribution in [1.29, 1.82) is 0 Å². The van der Waals surface area contributed by atoms with Gasteiger partial charge in [-0.25, -0.2) is 8.42 Å². The van der Waals surface area contributed by atoms with Gasteiger partial charge >= 0.3 is 5.97 Å².